The normalized spacial score (nSPS) is 14.0. The summed E-state index contributed by atoms with van der Waals surface area (Å²) in [7, 11) is 3.49. The molecule has 2 aromatic rings. The highest BCUT2D eigenvalue weighted by atomic mass is 35.5. The van der Waals surface area contributed by atoms with Crippen LogP contribution in [-0.2, 0) is 26.7 Å². The number of carbonyl (C=O) groups is 1. The topological polar surface area (TPSA) is 65.7 Å². The molecule has 174 valence electrons. The number of aromatic nitrogens is 2. The molecule has 1 heterocycles. The average molecular weight is 460 g/mol. The zero-order valence-corrected chi connectivity index (χ0v) is 21.2. The zero-order valence-electron chi connectivity index (χ0n) is 20.5. The van der Waals surface area contributed by atoms with Gasteiger partial charge in [0.15, 0.2) is 5.76 Å². The third-order valence-electron chi connectivity index (χ3n) is 4.97. The molecule has 0 saturated carbocycles. The van der Waals surface area contributed by atoms with Gasteiger partial charge in [-0.15, -0.1) is 0 Å². The molecular weight excluding hydrogens is 426 g/mol. The van der Waals surface area contributed by atoms with Gasteiger partial charge in [-0.3, -0.25) is 14.5 Å². The van der Waals surface area contributed by atoms with E-state index in [0.29, 0.717) is 27.7 Å². The SMILES string of the molecule is C/N=C\C(=C(\OC(C)OC(=O)C(C)C)c1c(Cl)c(C)nn1C)c1ccc(C(C)(C)C)cc1. The number of hydrogen-bond acceptors (Lipinski definition) is 5. The summed E-state index contributed by atoms with van der Waals surface area (Å²) in [5.74, 6) is -0.168. The predicted octanol–water partition coefficient (Wildman–Crippen LogP) is 5.81. The van der Waals surface area contributed by atoms with E-state index in [9.17, 15) is 4.79 Å². The van der Waals surface area contributed by atoms with Crippen molar-refractivity contribution in [3.8, 4) is 0 Å². The minimum atomic E-state index is -0.833. The average Bonchev–Trinajstić information content (AvgIpc) is 2.95. The number of rotatable bonds is 7. The van der Waals surface area contributed by atoms with Gasteiger partial charge in [-0.2, -0.15) is 5.10 Å². The molecule has 0 aliphatic carbocycles. The Kier molecular flexibility index (Phi) is 8.29. The van der Waals surface area contributed by atoms with Crippen LogP contribution >= 0.6 is 11.6 Å². The largest absolute Gasteiger partial charge is 0.452 e. The third kappa shape index (κ3) is 6.00. The molecular formula is C25H34ClN3O3. The smallest absolute Gasteiger partial charge is 0.311 e. The Morgan fingerprint density at radius 3 is 2.19 bits per heavy atom. The first kappa shape index (κ1) is 25.7. The highest BCUT2D eigenvalue weighted by Crippen LogP contribution is 2.34. The maximum atomic E-state index is 12.1. The van der Waals surface area contributed by atoms with E-state index in [1.807, 2.05) is 19.1 Å². The van der Waals surface area contributed by atoms with Crippen LogP contribution in [0.2, 0.25) is 5.02 Å². The fourth-order valence-electron chi connectivity index (χ4n) is 3.16. The Labute approximate surface area is 196 Å². The van der Waals surface area contributed by atoms with Crippen molar-refractivity contribution in [1.82, 2.24) is 9.78 Å². The molecule has 0 spiro atoms. The first-order valence-corrected chi connectivity index (χ1v) is 11.1. The van der Waals surface area contributed by atoms with E-state index < -0.39 is 6.29 Å². The van der Waals surface area contributed by atoms with Crippen molar-refractivity contribution in [1.29, 1.82) is 0 Å². The van der Waals surface area contributed by atoms with E-state index in [1.54, 1.807) is 45.8 Å². The van der Waals surface area contributed by atoms with Gasteiger partial charge in [0.25, 0.3) is 0 Å². The number of esters is 1. The molecule has 1 unspecified atom stereocenters. The summed E-state index contributed by atoms with van der Waals surface area (Å²) in [4.78, 5) is 16.4. The molecule has 0 fully saturated rings. The van der Waals surface area contributed by atoms with E-state index in [-0.39, 0.29) is 17.3 Å². The van der Waals surface area contributed by atoms with Crippen LogP contribution in [0.3, 0.4) is 0 Å². The number of nitrogens with zero attached hydrogens (tertiary/aromatic N) is 3. The lowest BCUT2D eigenvalue weighted by atomic mass is 9.86. The number of benzene rings is 1. The van der Waals surface area contributed by atoms with Crippen molar-refractivity contribution in [3.05, 3.63) is 51.8 Å². The Morgan fingerprint density at radius 1 is 1.16 bits per heavy atom. The fourth-order valence-corrected chi connectivity index (χ4v) is 3.40. The standard InChI is InChI=1S/C25H34ClN3O3/c1-15(2)24(30)32-17(4)31-23(22-21(26)16(3)28-29(22)9)20(14-27-8)18-10-12-19(13-11-18)25(5,6)7/h10-15,17H,1-9H3/b23-20-,27-14-. The summed E-state index contributed by atoms with van der Waals surface area (Å²) in [5.41, 5.74) is 4.12. The van der Waals surface area contributed by atoms with Gasteiger partial charge in [0, 0.05) is 32.8 Å². The Balaban J connectivity index is 2.67. The highest BCUT2D eigenvalue weighted by molar-refractivity contribution is 6.33. The number of aryl methyl sites for hydroxylation is 2. The van der Waals surface area contributed by atoms with Crippen LogP contribution in [-0.4, -0.2) is 35.3 Å². The molecule has 0 radical (unpaired) electrons. The molecule has 6 nitrogen and oxygen atoms in total. The number of ether oxygens (including phenoxy) is 2. The second kappa shape index (κ2) is 10.3. The van der Waals surface area contributed by atoms with Gasteiger partial charge in [-0.25, -0.2) is 0 Å². The van der Waals surface area contributed by atoms with Gasteiger partial charge >= 0.3 is 5.97 Å². The Bertz CT molecular complexity index is 1010. The molecule has 0 aliphatic heterocycles. The highest BCUT2D eigenvalue weighted by Gasteiger charge is 2.25. The van der Waals surface area contributed by atoms with Crippen LogP contribution in [0.4, 0.5) is 0 Å². The maximum Gasteiger partial charge on any atom is 0.311 e. The van der Waals surface area contributed by atoms with Crippen LogP contribution in [0.1, 0.15) is 64.1 Å². The molecule has 0 bridgehead atoms. The fraction of sp³-hybridized carbons (Fsp3) is 0.480. The van der Waals surface area contributed by atoms with Crippen molar-refractivity contribution in [2.24, 2.45) is 18.0 Å². The number of hydrogen-bond donors (Lipinski definition) is 0. The minimum absolute atomic E-state index is 0.0304. The second-order valence-electron chi connectivity index (χ2n) is 9.11. The van der Waals surface area contributed by atoms with Crippen molar-refractivity contribution < 1.29 is 14.3 Å². The van der Waals surface area contributed by atoms with Crippen molar-refractivity contribution in [3.63, 3.8) is 0 Å². The molecule has 0 N–H and O–H groups in total. The molecule has 7 heteroatoms. The molecule has 0 amide bonds. The second-order valence-corrected chi connectivity index (χ2v) is 9.48. The summed E-state index contributed by atoms with van der Waals surface area (Å²) in [6, 6.07) is 8.25. The molecule has 2 rings (SSSR count). The summed E-state index contributed by atoms with van der Waals surface area (Å²) in [6.07, 6.45) is 0.886. The minimum Gasteiger partial charge on any atom is -0.452 e. The van der Waals surface area contributed by atoms with E-state index in [0.717, 1.165) is 5.56 Å². The van der Waals surface area contributed by atoms with Gasteiger partial charge < -0.3 is 9.47 Å². The van der Waals surface area contributed by atoms with Crippen LogP contribution in [0.25, 0.3) is 11.3 Å². The first-order chi connectivity index (χ1) is 14.9. The maximum absolute atomic E-state index is 12.1. The molecule has 0 saturated heterocycles. The van der Waals surface area contributed by atoms with Crippen LogP contribution in [0.15, 0.2) is 29.3 Å². The lowest BCUT2D eigenvalue weighted by Gasteiger charge is -2.22. The van der Waals surface area contributed by atoms with Gasteiger partial charge in [0.05, 0.1) is 16.6 Å². The lowest BCUT2D eigenvalue weighted by Crippen LogP contribution is -2.22. The van der Waals surface area contributed by atoms with Gasteiger partial charge in [-0.05, 0) is 23.5 Å². The van der Waals surface area contributed by atoms with Crippen molar-refractivity contribution in [2.75, 3.05) is 7.05 Å². The number of carbonyl (C=O) groups excluding carboxylic acids is 1. The summed E-state index contributed by atoms with van der Waals surface area (Å²) >= 11 is 6.62. The third-order valence-corrected chi connectivity index (χ3v) is 5.42. The molecule has 32 heavy (non-hydrogen) atoms. The van der Waals surface area contributed by atoms with E-state index in [2.05, 4.69) is 43.0 Å². The van der Waals surface area contributed by atoms with Gasteiger partial charge in [0.1, 0.15) is 5.69 Å². The first-order valence-electron chi connectivity index (χ1n) is 10.7. The number of allylic oxidation sites excluding steroid dienone is 1. The van der Waals surface area contributed by atoms with Crippen LogP contribution < -0.4 is 0 Å². The molecule has 1 aromatic carbocycles. The van der Waals surface area contributed by atoms with E-state index in [4.69, 9.17) is 21.1 Å². The number of aliphatic imine (C=N–C) groups is 1. The van der Waals surface area contributed by atoms with Gasteiger partial charge in [0.2, 0.25) is 6.29 Å². The van der Waals surface area contributed by atoms with E-state index in [1.165, 1.54) is 5.56 Å². The molecule has 1 aromatic heterocycles. The predicted molar refractivity (Wildman–Crippen MR) is 131 cm³/mol. The summed E-state index contributed by atoms with van der Waals surface area (Å²) in [6.45, 7) is 13.6. The Morgan fingerprint density at radius 2 is 1.75 bits per heavy atom. The van der Waals surface area contributed by atoms with Crippen LogP contribution in [0.5, 0.6) is 0 Å². The summed E-state index contributed by atoms with van der Waals surface area (Å²) < 4.78 is 13.3. The molecule has 0 aliphatic rings. The lowest BCUT2D eigenvalue weighted by molar-refractivity contribution is -0.167. The van der Waals surface area contributed by atoms with Crippen molar-refractivity contribution >= 4 is 35.1 Å². The quantitative estimate of drug-likeness (QED) is 0.227. The van der Waals surface area contributed by atoms with Gasteiger partial charge in [-0.1, -0.05) is 70.5 Å². The Hall–Kier alpha value is -2.60. The van der Waals surface area contributed by atoms with Crippen LogP contribution in [0, 0.1) is 12.8 Å². The number of halogens is 1. The monoisotopic (exact) mass is 459 g/mol. The van der Waals surface area contributed by atoms with Crippen molar-refractivity contribution in [2.45, 2.75) is 60.2 Å². The zero-order chi connectivity index (χ0) is 24.2. The molecule has 1 atom stereocenters. The van der Waals surface area contributed by atoms with E-state index >= 15 is 0 Å². The summed E-state index contributed by atoms with van der Waals surface area (Å²) in [5, 5.41) is 4.90.